The number of hydrogen-bond donors (Lipinski definition) is 1. The maximum atomic E-state index is 12.7. The minimum Gasteiger partial charge on any atom is -0.316 e. The largest absolute Gasteiger partial charge is 0.407 e. The van der Waals surface area contributed by atoms with Crippen molar-refractivity contribution in [3.8, 4) is 0 Å². The predicted molar refractivity (Wildman–Crippen MR) is 44.1 cm³/mol. The van der Waals surface area contributed by atoms with Crippen molar-refractivity contribution >= 4 is 0 Å². The van der Waals surface area contributed by atoms with Gasteiger partial charge in [0.25, 0.3) is 0 Å². The summed E-state index contributed by atoms with van der Waals surface area (Å²) in [6, 6.07) is 1.08. The molecule has 1 rings (SSSR count). The fourth-order valence-electron chi connectivity index (χ4n) is 1.05. The van der Waals surface area contributed by atoms with Crippen LogP contribution in [0.5, 0.6) is 0 Å². The minimum atomic E-state index is -4.50. The summed E-state index contributed by atoms with van der Waals surface area (Å²) >= 11 is 0. The quantitative estimate of drug-likeness (QED) is 0.704. The zero-order valence-corrected chi connectivity index (χ0v) is 7.40. The van der Waals surface area contributed by atoms with E-state index in [1.165, 1.54) is 6.92 Å². The number of rotatable bonds is 1. The summed E-state index contributed by atoms with van der Waals surface area (Å²) in [5.74, 6) is -0.539. The molecule has 0 spiro atoms. The van der Waals surface area contributed by atoms with Gasteiger partial charge in [-0.15, -0.1) is 0 Å². The zero-order chi connectivity index (χ0) is 10.9. The van der Waals surface area contributed by atoms with Crippen LogP contribution < -0.4 is 5.73 Å². The van der Waals surface area contributed by atoms with Crippen molar-refractivity contribution in [1.82, 2.24) is 0 Å². The molecule has 0 aliphatic heterocycles. The minimum absolute atomic E-state index is 0.128. The molecule has 0 aromatic heterocycles. The van der Waals surface area contributed by atoms with E-state index in [4.69, 9.17) is 5.73 Å². The Labute approximate surface area is 78.5 Å². The third-order valence-electron chi connectivity index (χ3n) is 1.89. The van der Waals surface area contributed by atoms with E-state index in [-0.39, 0.29) is 11.1 Å². The van der Waals surface area contributed by atoms with Crippen molar-refractivity contribution in [2.45, 2.75) is 19.1 Å². The molecule has 2 N–H and O–H groups in total. The molecule has 0 aliphatic rings. The Morgan fingerprint density at radius 3 is 2.29 bits per heavy atom. The van der Waals surface area contributed by atoms with E-state index in [0.29, 0.717) is 0 Å². The van der Waals surface area contributed by atoms with E-state index < -0.39 is 18.0 Å². The molecule has 1 aromatic rings. The van der Waals surface area contributed by atoms with Gasteiger partial charge in [0.05, 0.1) is 0 Å². The lowest BCUT2D eigenvalue weighted by Gasteiger charge is -2.16. The first-order valence-corrected chi connectivity index (χ1v) is 3.90. The van der Waals surface area contributed by atoms with Gasteiger partial charge in [0.15, 0.2) is 0 Å². The van der Waals surface area contributed by atoms with Crippen molar-refractivity contribution in [3.63, 3.8) is 0 Å². The predicted octanol–water partition coefficient (Wildman–Crippen LogP) is 2.70. The van der Waals surface area contributed by atoms with E-state index >= 15 is 0 Å². The Morgan fingerprint density at radius 1 is 1.29 bits per heavy atom. The Kier molecular flexibility index (Phi) is 2.80. The van der Waals surface area contributed by atoms with Crippen LogP contribution in [-0.2, 0) is 0 Å². The molecule has 78 valence electrons. The van der Waals surface area contributed by atoms with Crippen LogP contribution in [0.3, 0.4) is 0 Å². The summed E-state index contributed by atoms with van der Waals surface area (Å²) in [4.78, 5) is 0. The molecule has 0 aliphatic carbocycles. The molecule has 1 atom stereocenters. The number of alkyl halides is 3. The highest BCUT2D eigenvalue weighted by molar-refractivity contribution is 5.27. The molecule has 14 heavy (non-hydrogen) atoms. The Hall–Kier alpha value is -1.10. The van der Waals surface area contributed by atoms with Crippen LogP contribution >= 0.6 is 0 Å². The van der Waals surface area contributed by atoms with Gasteiger partial charge < -0.3 is 5.73 Å². The van der Waals surface area contributed by atoms with E-state index in [1.807, 2.05) is 0 Å². The second kappa shape index (κ2) is 3.57. The van der Waals surface area contributed by atoms with Crippen LogP contribution in [0.4, 0.5) is 17.6 Å². The average Bonchev–Trinajstić information content (AvgIpc) is 2.07. The van der Waals surface area contributed by atoms with Crippen molar-refractivity contribution in [2.24, 2.45) is 5.73 Å². The molecule has 1 nitrogen and oxygen atoms in total. The molecule has 0 heterocycles. The maximum absolute atomic E-state index is 12.7. The van der Waals surface area contributed by atoms with E-state index in [1.54, 1.807) is 0 Å². The lowest BCUT2D eigenvalue weighted by Crippen LogP contribution is -2.28. The molecule has 0 unspecified atom stereocenters. The molecule has 5 heteroatoms. The molecule has 1 aromatic carbocycles. The number of hydrogen-bond acceptors (Lipinski definition) is 1. The van der Waals surface area contributed by atoms with Gasteiger partial charge in [-0.05, 0) is 24.1 Å². The van der Waals surface area contributed by atoms with Crippen LogP contribution in [0, 0.1) is 12.7 Å². The first kappa shape index (κ1) is 11.0. The summed E-state index contributed by atoms with van der Waals surface area (Å²) in [7, 11) is 0. The standard InChI is InChI=1S/C9H9F4N/c1-5-4-6(2-3-7(5)10)8(14)9(11,12)13/h2-4,8H,14H2,1H3/t8-/m1/s1. The highest BCUT2D eigenvalue weighted by Gasteiger charge is 2.37. The van der Waals surface area contributed by atoms with E-state index in [2.05, 4.69) is 0 Å². The third-order valence-corrected chi connectivity index (χ3v) is 1.89. The second-order valence-corrected chi connectivity index (χ2v) is 3.03. The number of nitrogens with two attached hydrogens (primary N) is 1. The fraction of sp³-hybridized carbons (Fsp3) is 0.333. The first-order valence-electron chi connectivity index (χ1n) is 3.90. The van der Waals surface area contributed by atoms with Crippen molar-refractivity contribution < 1.29 is 17.6 Å². The molecule has 0 amide bonds. The Morgan fingerprint density at radius 2 is 1.86 bits per heavy atom. The van der Waals surface area contributed by atoms with Gasteiger partial charge in [0.2, 0.25) is 0 Å². The number of aryl methyl sites for hydroxylation is 1. The summed E-state index contributed by atoms with van der Waals surface area (Å²) in [5.41, 5.74) is 4.97. The van der Waals surface area contributed by atoms with Gasteiger partial charge in [-0.1, -0.05) is 12.1 Å². The van der Waals surface area contributed by atoms with Crippen LogP contribution in [0.25, 0.3) is 0 Å². The van der Waals surface area contributed by atoms with Gasteiger partial charge in [-0.25, -0.2) is 4.39 Å². The van der Waals surface area contributed by atoms with E-state index in [9.17, 15) is 17.6 Å². The maximum Gasteiger partial charge on any atom is 0.407 e. The summed E-state index contributed by atoms with van der Waals surface area (Å²) in [6.45, 7) is 1.39. The molecule has 0 saturated carbocycles. The first-order chi connectivity index (χ1) is 6.32. The topological polar surface area (TPSA) is 26.0 Å². The summed E-state index contributed by atoms with van der Waals surface area (Å²) in [5, 5.41) is 0. The Bertz CT molecular complexity index is 332. The molecule has 0 bridgehead atoms. The Balaban J connectivity index is 3.03. The van der Waals surface area contributed by atoms with Gasteiger partial charge in [0, 0.05) is 0 Å². The smallest absolute Gasteiger partial charge is 0.316 e. The third kappa shape index (κ3) is 2.23. The monoisotopic (exact) mass is 207 g/mol. The molecule has 0 saturated heterocycles. The van der Waals surface area contributed by atoms with Crippen LogP contribution in [0.2, 0.25) is 0 Å². The van der Waals surface area contributed by atoms with Crippen molar-refractivity contribution in [3.05, 3.63) is 35.1 Å². The van der Waals surface area contributed by atoms with Gasteiger partial charge in [-0.2, -0.15) is 13.2 Å². The zero-order valence-electron chi connectivity index (χ0n) is 7.40. The van der Waals surface area contributed by atoms with Gasteiger partial charge >= 0.3 is 6.18 Å². The summed E-state index contributed by atoms with van der Waals surface area (Å²) < 4.78 is 49.2. The average molecular weight is 207 g/mol. The number of halogens is 4. The van der Waals surface area contributed by atoms with E-state index in [0.717, 1.165) is 18.2 Å². The molecule has 0 fully saturated rings. The normalized spacial score (nSPS) is 14.1. The van der Waals surface area contributed by atoms with Crippen LogP contribution in [0.1, 0.15) is 17.2 Å². The number of benzene rings is 1. The van der Waals surface area contributed by atoms with Gasteiger partial charge in [0.1, 0.15) is 11.9 Å². The SMILES string of the molecule is Cc1cc([C@@H](N)C(F)(F)F)ccc1F. The van der Waals surface area contributed by atoms with Crippen LogP contribution in [-0.4, -0.2) is 6.18 Å². The van der Waals surface area contributed by atoms with Gasteiger partial charge in [-0.3, -0.25) is 0 Å². The van der Waals surface area contributed by atoms with Crippen molar-refractivity contribution in [1.29, 1.82) is 0 Å². The molecule has 0 radical (unpaired) electrons. The fourth-order valence-corrected chi connectivity index (χ4v) is 1.05. The van der Waals surface area contributed by atoms with Crippen LogP contribution in [0.15, 0.2) is 18.2 Å². The lowest BCUT2D eigenvalue weighted by atomic mass is 10.0. The highest BCUT2D eigenvalue weighted by Crippen LogP contribution is 2.30. The highest BCUT2D eigenvalue weighted by atomic mass is 19.4. The summed E-state index contributed by atoms with van der Waals surface area (Å²) in [6.07, 6.45) is -4.50. The lowest BCUT2D eigenvalue weighted by molar-refractivity contribution is -0.149. The molecular weight excluding hydrogens is 198 g/mol. The van der Waals surface area contributed by atoms with Crippen molar-refractivity contribution in [2.75, 3.05) is 0 Å². The second-order valence-electron chi connectivity index (χ2n) is 3.03. The molecular formula is C9H9F4N.